The molecule has 0 atom stereocenters. The van der Waals surface area contributed by atoms with Gasteiger partial charge >= 0.3 is 0 Å². The van der Waals surface area contributed by atoms with Crippen molar-refractivity contribution in [2.24, 2.45) is 4.99 Å². The first kappa shape index (κ1) is 22.1. The van der Waals surface area contributed by atoms with Gasteiger partial charge in [0.05, 0.1) is 20.8 Å². The number of methoxy groups -OCH3 is 2. The molecule has 0 aliphatic carbocycles. The molecular weight excluding hydrogens is 441 g/mol. The van der Waals surface area contributed by atoms with Crippen molar-refractivity contribution < 1.29 is 9.47 Å². The van der Waals surface area contributed by atoms with E-state index in [2.05, 4.69) is 53.7 Å². The molecule has 2 aromatic rings. The molecule has 0 saturated heterocycles. The number of rotatable bonds is 7. The molecule has 0 aliphatic rings. The predicted octanol–water partition coefficient (Wildman–Crippen LogP) is 3.89. The molecule has 2 aromatic carbocycles. The third-order valence-electron chi connectivity index (χ3n) is 3.83. The summed E-state index contributed by atoms with van der Waals surface area (Å²) in [7, 11) is 3.31. The van der Waals surface area contributed by atoms with E-state index in [0.717, 1.165) is 29.6 Å². The van der Waals surface area contributed by atoms with Gasteiger partial charge in [-0.3, -0.25) is 0 Å². The topological polar surface area (TPSA) is 54.9 Å². The van der Waals surface area contributed by atoms with Crippen LogP contribution in [0.4, 0.5) is 0 Å². The van der Waals surface area contributed by atoms with E-state index in [-0.39, 0.29) is 24.0 Å². The zero-order valence-electron chi connectivity index (χ0n) is 15.8. The number of aryl methyl sites for hydroxylation is 1. The molecule has 26 heavy (non-hydrogen) atoms. The van der Waals surface area contributed by atoms with Gasteiger partial charge in [0.1, 0.15) is 11.5 Å². The van der Waals surface area contributed by atoms with Crippen molar-refractivity contribution in [1.82, 2.24) is 10.6 Å². The van der Waals surface area contributed by atoms with Crippen LogP contribution >= 0.6 is 24.0 Å². The zero-order valence-corrected chi connectivity index (χ0v) is 18.2. The molecule has 0 heterocycles. The van der Waals surface area contributed by atoms with Crippen LogP contribution in [0.3, 0.4) is 0 Å². The number of halogens is 1. The molecule has 0 fully saturated rings. The maximum absolute atomic E-state index is 5.44. The van der Waals surface area contributed by atoms with Crippen molar-refractivity contribution in [2.75, 3.05) is 20.8 Å². The lowest BCUT2D eigenvalue weighted by atomic mass is 10.1. The Bertz CT molecular complexity index is 703. The Hall–Kier alpha value is -1.96. The number of guanidine groups is 1. The molecule has 5 nitrogen and oxygen atoms in total. The van der Waals surface area contributed by atoms with Gasteiger partial charge in [0.15, 0.2) is 5.96 Å². The number of ether oxygens (including phenoxy) is 2. The molecule has 0 radical (unpaired) electrons. The van der Waals surface area contributed by atoms with Crippen molar-refractivity contribution in [3.63, 3.8) is 0 Å². The average molecular weight is 469 g/mol. The molecule has 142 valence electrons. The second-order valence-electron chi connectivity index (χ2n) is 5.71. The standard InChI is InChI=1S/C20H27N3O2.HI/c1-5-21-20(22-13-16-8-6-15(2)7-9-16)23-14-17-10-11-18(24-3)12-19(17)25-4;/h6-12H,5,13-14H2,1-4H3,(H2,21,22,23);1H. The summed E-state index contributed by atoms with van der Waals surface area (Å²) in [6.45, 7) is 6.19. The first-order valence-corrected chi connectivity index (χ1v) is 8.45. The maximum Gasteiger partial charge on any atom is 0.191 e. The molecule has 0 aliphatic heterocycles. The van der Waals surface area contributed by atoms with Crippen LogP contribution in [0.5, 0.6) is 11.5 Å². The van der Waals surface area contributed by atoms with Crippen molar-refractivity contribution in [1.29, 1.82) is 0 Å². The maximum atomic E-state index is 5.44. The van der Waals surface area contributed by atoms with E-state index >= 15 is 0 Å². The van der Waals surface area contributed by atoms with Crippen LogP contribution in [-0.4, -0.2) is 26.7 Å². The van der Waals surface area contributed by atoms with E-state index < -0.39 is 0 Å². The van der Waals surface area contributed by atoms with E-state index in [9.17, 15) is 0 Å². The Morgan fingerprint density at radius 2 is 1.73 bits per heavy atom. The molecule has 0 spiro atoms. The molecular formula is C20H28IN3O2. The molecule has 0 bridgehead atoms. The highest BCUT2D eigenvalue weighted by Crippen LogP contribution is 2.24. The third kappa shape index (κ3) is 6.74. The van der Waals surface area contributed by atoms with Gasteiger partial charge < -0.3 is 20.1 Å². The number of nitrogens with one attached hydrogen (secondary N) is 2. The van der Waals surface area contributed by atoms with Crippen LogP contribution in [0.2, 0.25) is 0 Å². The molecule has 2 N–H and O–H groups in total. The number of hydrogen-bond donors (Lipinski definition) is 2. The minimum Gasteiger partial charge on any atom is -0.497 e. The first-order valence-electron chi connectivity index (χ1n) is 8.45. The summed E-state index contributed by atoms with van der Waals surface area (Å²) < 4.78 is 10.7. The normalized spacial score (nSPS) is 10.7. The van der Waals surface area contributed by atoms with Crippen LogP contribution < -0.4 is 20.1 Å². The van der Waals surface area contributed by atoms with Gasteiger partial charge in [0.2, 0.25) is 0 Å². The summed E-state index contributed by atoms with van der Waals surface area (Å²) in [5.41, 5.74) is 3.48. The fourth-order valence-electron chi connectivity index (χ4n) is 2.38. The van der Waals surface area contributed by atoms with Crippen molar-refractivity contribution in [3.05, 3.63) is 59.2 Å². The van der Waals surface area contributed by atoms with Crippen LogP contribution in [0.25, 0.3) is 0 Å². The SMILES string of the molecule is CCNC(=NCc1ccc(C)cc1)NCc1ccc(OC)cc1OC.I. The summed E-state index contributed by atoms with van der Waals surface area (Å²) >= 11 is 0. The quantitative estimate of drug-likeness (QED) is 0.367. The van der Waals surface area contributed by atoms with E-state index in [0.29, 0.717) is 13.1 Å². The average Bonchev–Trinajstić information content (AvgIpc) is 2.65. The largest absolute Gasteiger partial charge is 0.497 e. The monoisotopic (exact) mass is 469 g/mol. The van der Waals surface area contributed by atoms with Gasteiger partial charge in [-0.2, -0.15) is 0 Å². The molecule has 0 aromatic heterocycles. The summed E-state index contributed by atoms with van der Waals surface area (Å²) in [5.74, 6) is 2.35. The van der Waals surface area contributed by atoms with Crippen LogP contribution in [-0.2, 0) is 13.1 Å². The fourth-order valence-corrected chi connectivity index (χ4v) is 2.38. The minimum atomic E-state index is 0. The lowest BCUT2D eigenvalue weighted by molar-refractivity contribution is 0.390. The van der Waals surface area contributed by atoms with E-state index in [4.69, 9.17) is 9.47 Å². The van der Waals surface area contributed by atoms with E-state index in [1.54, 1.807) is 14.2 Å². The number of aliphatic imine (C=N–C) groups is 1. The highest BCUT2D eigenvalue weighted by atomic mass is 127. The fraction of sp³-hybridized carbons (Fsp3) is 0.350. The third-order valence-corrected chi connectivity index (χ3v) is 3.83. The Morgan fingerprint density at radius 3 is 2.35 bits per heavy atom. The van der Waals surface area contributed by atoms with E-state index in [1.165, 1.54) is 11.1 Å². The van der Waals surface area contributed by atoms with Crippen LogP contribution in [0.15, 0.2) is 47.5 Å². The Labute approximate surface area is 173 Å². The van der Waals surface area contributed by atoms with Crippen LogP contribution in [0.1, 0.15) is 23.6 Å². The van der Waals surface area contributed by atoms with Gasteiger partial charge in [-0.15, -0.1) is 24.0 Å². The Morgan fingerprint density at radius 1 is 1.00 bits per heavy atom. The summed E-state index contributed by atoms with van der Waals surface area (Å²) in [6, 6.07) is 14.2. The van der Waals surface area contributed by atoms with Gasteiger partial charge in [0, 0.05) is 24.7 Å². The van der Waals surface area contributed by atoms with Gasteiger partial charge in [-0.05, 0) is 31.5 Å². The lowest BCUT2D eigenvalue weighted by Gasteiger charge is -2.14. The molecule has 2 rings (SSSR count). The second-order valence-corrected chi connectivity index (χ2v) is 5.71. The van der Waals surface area contributed by atoms with Crippen LogP contribution in [0, 0.1) is 6.92 Å². The van der Waals surface area contributed by atoms with Crippen molar-refractivity contribution in [2.45, 2.75) is 26.9 Å². The Kier molecular flexibility index (Phi) is 9.87. The number of hydrogen-bond acceptors (Lipinski definition) is 3. The van der Waals surface area contributed by atoms with Gasteiger partial charge in [-0.1, -0.05) is 29.8 Å². The summed E-state index contributed by atoms with van der Waals surface area (Å²) in [4.78, 5) is 4.65. The van der Waals surface area contributed by atoms with Crippen molar-refractivity contribution in [3.8, 4) is 11.5 Å². The summed E-state index contributed by atoms with van der Waals surface area (Å²) in [5, 5.41) is 6.62. The predicted molar refractivity (Wildman–Crippen MR) is 118 cm³/mol. The van der Waals surface area contributed by atoms with E-state index in [1.807, 2.05) is 18.2 Å². The highest BCUT2D eigenvalue weighted by Gasteiger charge is 2.06. The highest BCUT2D eigenvalue weighted by molar-refractivity contribution is 14.0. The molecule has 6 heteroatoms. The lowest BCUT2D eigenvalue weighted by Crippen LogP contribution is -2.36. The Balaban J connectivity index is 0.00000338. The first-order chi connectivity index (χ1) is 12.2. The zero-order chi connectivity index (χ0) is 18.1. The molecule has 0 unspecified atom stereocenters. The van der Waals surface area contributed by atoms with Gasteiger partial charge in [0.25, 0.3) is 0 Å². The number of benzene rings is 2. The number of nitrogens with zero attached hydrogens (tertiary/aromatic N) is 1. The summed E-state index contributed by atoms with van der Waals surface area (Å²) in [6.07, 6.45) is 0. The second kappa shape index (κ2) is 11.6. The molecule has 0 amide bonds. The van der Waals surface area contributed by atoms with Crippen molar-refractivity contribution >= 4 is 29.9 Å². The minimum absolute atomic E-state index is 0. The molecule has 0 saturated carbocycles. The smallest absolute Gasteiger partial charge is 0.191 e. The van der Waals surface area contributed by atoms with Gasteiger partial charge in [-0.25, -0.2) is 4.99 Å².